The molecule has 0 amide bonds. The molecule has 0 spiro atoms. The molecule has 0 unspecified atom stereocenters. The van der Waals surface area contributed by atoms with Crippen molar-refractivity contribution in [3.05, 3.63) is 29.8 Å². The van der Waals surface area contributed by atoms with Crippen molar-refractivity contribution in [1.82, 2.24) is 5.32 Å². The summed E-state index contributed by atoms with van der Waals surface area (Å²) in [6, 6.07) is 8.43. The van der Waals surface area contributed by atoms with Crippen molar-refractivity contribution < 1.29 is 4.74 Å². The van der Waals surface area contributed by atoms with Crippen LogP contribution in [0.2, 0.25) is 0 Å². The number of para-hydroxylation sites is 1. The number of hydrogen-bond donors (Lipinski definition) is 1. The van der Waals surface area contributed by atoms with Crippen LogP contribution < -0.4 is 10.1 Å². The zero-order valence-corrected chi connectivity index (χ0v) is 9.49. The normalized spacial score (nSPS) is 23.9. The van der Waals surface area contributed by atoms with Crippen LogP contribution in [-0.2, 0) is 0 Å². The largest absolute Gasteiger partial charge is 0.494 e. The van der Waals surface area contributed by atoms with Crippen molar-refractivity contribution in [3.63, 3.8) is 0 Å². The summed E-state index contributed by atoms with van der Waals surface area (Å²) in [5.74, 6) is 2.58. The lowest BCUT2D eigenvalue weighted by Crippen LogP contribution is -2.10. The topological polar surface area (TPSA) is 21.3 Å². The maximum absolute atomic E-state index is 5.64. The molecule has 1 saturated carbocycles. The van der Waals surface area contributed by atoms with Crippen LogP contribution in [-0.4, -0.2) is 20.2 Å². The summed E-state index contributed by atoms with van der Waals surface area (Å²) in [5, 5.41) is 3.24. The molecule has 82 valence electrons. The standard InChI is InChI=1S/C13H19NO/c1-3-15-13-7-5-4-6-11(13)12-8-10(12)9-14-2/h4-7,10,12,14H,3,8-9H2,1-2H3/t10-,12+/m0/s1. The van der Waals surface area contributed by atoms with E-state index in [1.165, 1.54) is 12.0 Å². The molecule has 0 heterocycles. The first-order valence-electron chi connectivity index (χ1n) is 5.73. The SMILES string of the molecule is CCOc1ccccc1[C@@H]1C[C@H]1CNC. The average Bonchev–Trinajstić information content (AvgIpc) is 2.99. The fraction of sp³-hybridized carbons (Fsp3) is 0.538. The van der Waals surface area contributed by atoms with E-state index < -0.39 is 0 Å². The van der Waals surface area contributed by atoms with Gasteiger partial charge in [-0.25, -0.2) is 0 Å². The third-order valence-corrected chi connectivity index (χ3v) is 3.01. The van der Waals surface area contributed by atoms with Crippen LogP contribution in [0.5, 0.6) is 5.75 Å². The van der Waals surface area contributed by atoms with Crippen LogP contribution in [0.1, 0.15) is 24.8 Å². The molecule has 2 heteroatoms. The molecular weight excluding hydrogens is 186 g/mol. The summed E-state index contributed by atoms with van der Waals surface area (Å²) in [7, 11) is 2.02. The minimum Gasteiger partial charge on any atom is -0.494 e. The molecule has 0 bridgehead atoms. The summed E-state index contributed by atoms with van der Waals surface area (Å²) in [6.07, 6.45) is 1.30. The first-order valence-corrected chi connectivity index (χ1v) is 5.73. The molecular formula is C13H19NO. The van der Waals surface area contributed by atoms with Crippen LogP contribution in [0.3, 0.4) is 0 Å². The number of benzene rings is 1. The number of nitrogens with one attached hydrogen (secondary N) is 1. The fourth-order valence-electron chi connectivity index (χ4n) is 2.19. The first-order chi connectivity index (χ1) is 7.36. The van der Waals surface area contributed by atoms with Crippen molar-refractivity contribution in [3.8, 4) is 5.75 Å². The monoisotopic (exact) mass is 205 g/mol. The Bertz CT molecular complexity index is 324. The summed E-state index contributed by atoms with van der Waals surface area (Å²) in [5.41, 5.74) is 1.39. The highest BCUT2D eigenvalue weighted by Crippen LogP contribution is 2.49. The molecule has 1 aliphatic carbocycles. The number of rotatable bonds is 5. The highest BCUT2D eigenvalue weighted by atomic mass is 16.5. The molecule has 1 fully saturated rings. The third kappa shape index (κ3) is 2.32. The van der Waals surface area contributed by atoms with Gasteiger partial charge in [-0.2, -0.15) is 0 Å². The summed E-state index contributed by atoms with van der Waals surface area (Å²) < 4.78 is 5.64. The van der Waals surface area contributed by atoms with Gasteiger partial charge in [-0.1, -0.05) is 18.2 Å². The van der Waals surface area contributed by atoms with Crippen molar-refractivity contribution in [2.24, 2.45) is 5.92 Å². The molecule has 1 N–H and O–H groups in total. The summed E-state index contributed by atoms with van der Waals surface area (Å²) in [6.45, 7) is 3.90. The second-order valence-corrected chi connectivity index (χ2v) is 4.13. The van der Waals surface area contributed by atoms with E-state index in [-0.39, 0.29) is 0 Å². The zero-order valence-electron chi connectivity index (χ0n) is 9.49. The molecule has 0 saturated heterocycles. The minimum absolute atomic E-state index is 0.709. The van der Waals surface area contributed by atoms with Crippen LogP contribution in [0.15, 0.2) is 24.3 Å². The lowest BCUT2D eigenvalue weighted by molar-refractivity contribution is 0.336. The minimum atomic E-state index is 0.709. The lowest BCUT2D eigenvalue weighted by atomic mass is 10.1. The predicted octanol–water partition coefficient (Wildman–Crippen LogP) is 2.41. The van der Waals surface area contributed by atoms with Gasteiger partial charge in [0.2, 0.25) is 0 Å². The van der Waals surface area contributed by atoms with Crippen LogP contribution >= 0.6 is 0 Å². The van der Waals surface area contributed by atoms with Crippen LogP contribution in [0, 0.1) is 5.92 Å². The van der Waals surface area contributed by atoms with Crippen molar-refractivity contribution >= 4 is 0 Å². The molecule has 15 heavy (non-hydrogen) atoms. The van der Waals surface area contributed by atoms with E-state index in [4.69, 9.17) is 4.74 Å². The number of ether oxygens (including phenoxy) is 1. The fourth-order valence-corrected chi connectivity index (χ4v) is 2.19. The molecule has 0 radical (unpaired) electrons. The van der Waals surface area contributed by atoms with Crippen LogP contribution in [0.4, 0.5) is 0 Å². The number of hydrogen-bond acceptors (Lipinski definition) is 2. The van der Waals surface area contributed by atoms with E-state index in [2.05, 4.69) is 23.5 Å². The Morgan fingerprint density at radius 2 is 2.20 bits per heavy atom. The van der Waals surface area contributed by atoms with Gasteiger partial charge >= 0.3 is 0 Å². The van der Waals surface area contributed by atoms with Gasteiger partial charge in [-0.3, -0.25) is 0 Å². The van der Waals surface area contributed by atoms with Crippen molar-refractivity contribution in [2.45, 2.75) is 19.3 Å². The molecule has 0 aliphatic heterocycles. The van der Waals surface area contributed by atoms with Crippen molar-refractivity contribution in [2.75, 3.05) is 20.2 Å². The Morgan fingerprint density at radius 3 is 2.93 bits per heavy atom. The van der Waals surface area contributed by atoms with Gasteiger partial charge in [0.05, 0.1) is 6.61 Å². The Labute approximate surface area is 91.6 Å². The lowest BCUT2D eigenvalue weighted by Gasteiger charge is -2.09. The Kier molecular flexibility index (Phi) is 3.27. The van der Waals surface area contributed by atoms with Gasteiger partial charge in [0.15, 0.2) is 0 Å². The molecule has 1 aliphatic rings. The van der Waals surface area contributed by atoms with E-state index in [0.29, 0.717) is 5.92 Å². The van der Waals surface area contributed by atoms with Gasteiger partial charge in [0, 0.05) is 0 Å². The highest BCUT2D eigenvalue weighted by Gasteiger charge is 2.39. The second-order valence-electron chi connectivity index (χ2n) is 4.13. The second kappa shape index (κ2) is 4.67. The van der Waals surface area contributed by atoms with Gasteiger partial charge < -0.3 is 10.1 Å². The molecule has 1 aromatic rings. The summed E-state index contributed by atoms with van der Waals surface area (Å²) >= 11 is 0. The molecule has 0 aromatic heterocycles. The van der Waals surface area contributed by atoms with E-state index in [1.54, 1.807) is 0 Å². The van der Waals surface area contributed by atoms with E-state index >= 15 is 0 Å². The van der Waals surface area contributed by atoms with E-state index in [0.717, 1.165) is 24.8 Å². The summed E-state index contributed by atoms with van der Waals surface area (Å²) in [4.78, 5) is 0. The molecule has 1 aromatic carbocycles. The molecule has 2 rings (SSSR count). The third-order valence-electron chi connectivity index (χ3n) is 3.01. The maximum Gasteiger partial charge on any atom is 0.122 e. The quantitative estimate of drug-likeness (QED) is 0.797. The average molecular weight is 205 g/mol. The first kappa shape index (κ1) is 10.5. The van der Waals surface area contributed by atoms with Gasteiger partial charge in [-0.05, 0) is 50.4 Å². The van der Waals surface area contributed by atoms with E-state index in [1.807, 2.05) is 20.0 Å². The van der Waals surface area contributed by atoms with Gasteiger partial charge in [0.25, 0.3) is 0 Å². The van der Waals surface area contributed by atoms with Gasteiger partial charge in [-0.15, -0.1) is 0 Å². The predicted molar refractivity (Wildman–Crippen MR) is 62.4 cm³/mol. The van der Waals surface area contributed by atoms with Crippen molar-refractivity contribution in [1.29, 1.82) is 0 Å². The zero-order chi connectivity index (χ0) is 10.7. The Hall–Kier alpha value is -1.02. The molecule has 2 atom stereocenters. The van der Waals surface area contributed by atoms with Crippen LogP contribution in [0.25, 0.3) is 0 Å². The Morgan fingerprint density at radius 1 is 1.40 bits per heavy atom. The van der Waals surface area contributed by atoms with E-state index in [9.17, 15) is 0 Å². The Balaban J connectivity index is 2.08. The van der Waals surface area contributed by atoms with Gasteiger partial charge in [0.1, 0.15) is 5.75 Å². The maximum atomic E-state index is 5.64. The molecule has 2 nitrogen and oxygen atoms in total. The highest BCUT2D eigenvalue weighted by molar-refractivity contribution is 5.39. The smallest absolute Gasteiger partial charge is 0.122 e.